The number of ether oxygens (including phenoxy) is 2. The maximum absolute atomic E-state index is 9.42. The lowest BCUT2D eigenvalue weighted by Gasteiger charge is -2.12. The minimum atomic E-state index is 0.497. The number of nitrogens with zero attached hydrogens (tertiary/aromatic N) is 2. The van der Waals surface area contributed by atoms with E-state index in [1.54, 1.807) is 7.11 Å². The summed E-state index contributed by atoms with van der Waals surface area (Å²) in [4.78, 5) is 4.55. The zero-order valence-electron chi connectivity index (χ0n) is 15.7. The van der Waals surface area contributed by atoms with Crippen molar-refractivity contribution in [3.63, 3.8) is 0 Å². The van der Waals surface area contributed by atoms with Crippen molar-refractivity contribution in [3.05, 3.63) is 29.8 Å². The van der Waals surface area contributed by atoms with Crippen molar-refractivity contribution in [3.8, 4) is 11.8 Å². The Morgan fingerprint density at radius 3 is 2.78 bits per heavy atom. The highest BCUT2D eigenvalue weighted by Crippen LogP contribution is 2.24. The maximum atomic E-state index is 9.42. The molecule has 0 bridgehead atoms. The van der Waals surface area contributed by atoms with Crippen LogP contribution in [0, 0.1) is 11.3 Å². The van der Waals surface area contributed by atoms with Crippen LogP contribution in [0.1, 0.15) is 18.9 Å². The second kappa shape index (κ2) is 11.2. The van der Waals surface area contributed by atoms with E-state index in [-0.39, 0.29) is 0 Å². The summed E-state index contributed by atoms with van der Waals surface area (Å²) in [7, 11) is 1.68. The Hall–Kier alpha value is -2.63. The van der Waals surface area contributed by atoms with Crippen LogP contribution in [0.4, 0.5) is 5.82 Å². The third-order valence-electron chi connectivity index (χ3n) is 3.73. The van der Waals surface area contributed by atoms with Gasteiger partial charge < -0.3 is 25.4 Å². The Morgan fingerprint density at radius 1 is 1.22 bits per heavy atom. The van der Waals surface area contributed by atoms with Crippen LogP contribution < -0.4 is 20.7 Å². The summed E-state index contributed by atoms with van der Waals surface area (Å²) in [6.07, 6.45) is 0.897. The molecule has 2 rings (SSSR count). The molecule has 1 aromatic heterocycles. The van der Waals surface area contributed by atoms with E-state index in [2.05, 4.69) is 27.0 Å². The van der Waals surface area contributed by atoms with Gasteiger partial charge in [-0.3, -0.25) is 0 Å². The topological polar surface area (TPSA) is 91.2 Å². The molecule has 0 amide bonds. The molecule has 27 heavy (non-hydrogen) atoms. The first-order valence-electron chi connectivity index (χ1n) is 8.90. The second-order valence-corrected chi connectivity index (χ2v) is 6.15. The first kappa shape index (κ1) is 20.7. The monoisotopic (exact) mass is 387 g/mol. The van der Waals surface area contributed by atoms with E-state index in [0.717, 1.165) is 29.6 Å². The third-order valence-corrected chi connectivity index (χ3v) is 4.02. The number of fused-ring (bicyclic) bond motifs is 1. The summed E-state index contributed by atoms with van der Waals surface area (Å²) in [6.45, 7) is 5.20. The average molecular weight is 388 g/mol. The van der Waals surface area contributed by atoms with Gasteiger partial charge in [-0.05, 0) is 49.8 Å². The number of thiocarbonyl (C=S) groups is 1. The van der Waals surface area contributed by atoms with Crippen molar-refractivity contribution in [2.45, 2.75) is 13.3 Å². The molecular formula is C19H25N5O2S. The maximum Gasteiger partial charge on any atom is 0.166 e. The minimum absolute atomic E-state index is 0.497. The number of nitriles is 1. The average Bonchev–Trinajstić information content (AvgIpc) is 2.68. The van der Waals surface area contributed by atoms with Crippen LogP contribution in [-0.4, -0.2) is 50.1 Å². The van der Waals surface area contributed by atoms with Gasteiger partial charge in [-0.25, -0.2) is 4.98 Å². The number of nitrogens with one attached hydrogen (secondary N) is 3. The van der Waals surface area contributed by atoms with E-state index in [0.29, 0.717) is 42.8 Å². The van der Waals surface area contributed by atoms with Gasteiger partial charge in [-0.2, -0.15) is 5.26 Å². The van der Waals surface area contributed by atoms with Crippen LogP contribution in [0.15, 0.2) is 24.3 Å². The van der Waals surface area contributed by atoms with E-state index in [1.165, 1.54) is 0 Å². The van der Waals surface area contributed by atoms with Crippen LogP contribution in [0.3, 0.4) is 0 Å². The lowest BCUT2D eigenvalue weighted by molar-refractivity contribution is 0.195. The number of hydrogen-bond donors (Lipinski definition) is 3. The Labute approximate surface area is 165 Å². The second-order valence-electron chi connectivity index (χ2n) is 5.74. The highest BCUT2D eigenvalue weighted by molar-refractivity contribution is 7.80. The summed E-state index contributed by atoms with van der Waals surface area (Å²) in [5.74, 6) is 1.34. The molecule has 1 heterocycles. The number of aromatic nitrogens is 1. The Balaban J connectivity index is 1.89. The van der Waals surface area contributed by atoms with Gasteiger partial charge in [0.25, 0.3) is 0 Å². The quantitative estimate of drug-likeness (QED) is 0.423. The van der Waals surface area contributed by atoms with Gasteiger partial charge >= 0.3 is 0 Å². The van der Waals surface area contributed by atoms with Gasteiger partial charge in [0.2, 0.25) is 0 Å². The van der Waals surface area contributed by atoms with E-state index in [1.807, 2.05) is 31.2 Å². The number of anilines is 1. The molecule has 2 aromatic rings. The van der Waals surface area contributed by atoms with Gasteiger partial charge in [0.15, 0.2) is 5.11 Å². The standard InChI is InChI=1S/C19H25N5O2S/c1-3-26-16-5-6-17-14(12-16)11-15(13-20)18(24-17)21-8-9-23-19(27)22-7-4-10-25-2/h5-6,11-12H,3-4,7-10H2,1-2H3,(H,21,24)(H2,22,23,27). The number of benzene rings is 1. The SMILES string of the molecule is CCOc1ccc2nc(NCCNC(=S)NCCCOC)c(C#N)cc2c1. The first-order chi connectivity index (χ1) is 13.2. The summed E-state index contributed by atoms with van der Waals surface area (Å²) >= 11 is 5.21. The van der Waals surface area contributed by atoms with Gasteiger partial charge in [-0.1, -0.05) is 0 Å². The van der Waals surface area contributed by atoms with Crippen molar-refractivity contribution in [2.75, 3.05) is 45.3 Å². The third kappa shape index (κ3) is 6.55. The molecule has 7 nitrogen and oxygen atoms in total. The van der Waals surface area contributed by atoms with Crippen molar-refractivity contribution in [1.82, 2.24) is 15.6 Å². The first-order valence-corrected chi connectivity index (χ1v) is 9.31. The number of rotatable bonds is 10. The summed E-state index contributed by atoms with van der Waals surface area (Å²) < 4.78 is 10.5. The van der Waals surface area contributed by atoms with Crippen LogP contribution in [0.2, 0.25) is 0 Å². The van der Waals surface area contributed by atoms with E-state index in [4.69, 9.17) is 21.7 Å². The van der Waals surface area contributed by atoms with Crippen molar-refractivity contribution < 1.29 is 9.47 Å². The Kier molecular flexibility index (Phi) is 8.55. The van der Waals surface area contributed by atoms with Crippen molar-refractivity contribution >= 4 is 34.1 Å². The van der Waals surface area contributed by atoms with E-state index < -0.39 is 0 Å². The molecule has 0 atom stereocenters. The molecule has 0 aliphatic rings. The summed E-state index contributed by atoms with van der Waals surface area (Å²) in [6, 6.07) is 9.68. The normalized spacial score (nSPS) is 10.3. The molecule has 0 saturated heterocycles. The minimum Gasteiger partial charge on any atom is -0.494 e. The van der Waals surface area contributed by atoms with Gasteiger partial charge in [0.05, 0.1) is 17.7 Å². The molecule has 0 unspecified atom stereocenters. The van der Waals surface area contributed by atoms with Crippen LogP contribution in [0.25, 0.3) is 10.9 Å². The molecular weight excluding hydrogens is 362 g/mol. The van der Waals surface area contributed by atoms with E-state index >= 15 is 0 Å². The largest absolute Gasteiger partial charge is 0.494 e. The van der Waals surface area contributed by atoms with E-state index in [9.17, 15) is 5.26 Å². The highest BCUT2D eigenvalue weighted by atomic mass is 32.1. The Morgan fingerprint density at radius 2 is 2.04 bits per heavy atom. The fourth-order valence-electron chi connectivity index (χ4n) is 2.47. The Bertz CT molecular complexity index is 807. The lowest BCUT2D eigenvalue weighted by Crippen LogP contribution is -2.38. The fourth-order valence-corrected chi connectivity index (χ4v) is 2.67. The molecule has 8 heteroatoms. The summed E-state index contributed by atoms with van der Waals surface area (Å²) in [5, 5.41) is 20.3. The molecule has 0 fully saturated rings. The lowest BCUT2D eigenvalue weighted by atomic mass is 10.1. The molecule has 0 radical (unpaired) electrons. The van der Waals surface area contributed by atoms with Gasteiger partial charge in [-0.15, -0.1) is 0 Å². The zero-order valence-corrected chi connectivity index (χ0v) is 16.5. The van der Waals surface area contributed by atoms with Crippen LogP contribution in [0.5, 0.6) is 5.75 Å². The predicted molar refractivity (Wildman–Crippen MR) is 111 cm³/mol. The molecule has 3 N–H and O–H groups in total. The number of methoxy groups -OCH3 is 1. The van der Waals surface area contributed by atoms with Crippen molar-refractivity contribution in [2.24, 2.45) is 0 Å². The molecule has 144 valence electrons. The van der Waals surface area contributed by atoms with Crippen LogP contribution in [-0.2, 0) is 4.74 Å². The predicted octanol–water partition coefficient (Wildman–Crippen LogP) is 2.42. The molecule has 1 aromatic carbocycles. The fraction of sp³-hybridized carbons (Fsp3) is 0.421. The van der Waals surface area contributed by atoms with Gasteiger partial charge in [0, 0.05) is 38.7 Å². The van der Waals surface area contributed by atoms with Crippen molar-refractivity contribution in [1.29, 1.82) is 5.26 Å². The van der Waals surface area contributed by atoms with Gasteiger partial charge in [0.1, 0.15) is 17.6 Å². The smallest absolute Gasteiger partial charge is 0.166 e. The molecule has 0 aliphatic carbocycles. The number of hydrogen-bond acceptors (Lipinski definition) is 6. The molecule has 0 saturated carbocycles. The number of pyridine rings is 1. The molecule has 0 spiro atoms. The summed E-state index contributed by atoms with van der Waals surface area (Å²) in [5.41, 5.74) is 1.31. The van der Waals surface area contributed by atoms with Crippen LogP contribution >= 0.6 is 12.2 Å². The zero-order chi connectivity index (χ0) is 19.5. The molecule has 0 aliphatic heterocycles. The highest BCUT2D eigenvalue weighted by Gasteiger charge is 2.07.